The molecule has 1 aromatic rings. The highest BCUT2D eigenvalue weighted by Gasteiger charge is 2.00. The van der Waals surface area contributed by atoms with Crippen LogP contribution in [0.5, 0.6) is 0 Å². The van der Waals surface area contributed by atoms with E-state index in [2.05, 4.69) is 5.32 Å². The molecule has 3 heteroatoms. The molecule has 1 aromatic carbocycles. The van der Waals surface area contributed by atoms with E-state index in [-0.39, 0.29) is 6.04 Å². The van der Waals surface area contributed by atoms with Gasteiger partial charge in [0, 0.05) is 23.3 Å². The Labute approximate surface area is 84.1 Å². The molecule has 0 spiro atoms. The van der Waals surface area contributed by atoms with Crippen molar-refractivity contribution in [1.29, 1.82) is 0 Å². The van der Waals surface area contributed by atoms with Crippen LogP contribution in [0, 0.1) is 6.92 Å². The fourth-order valence-electron chi connectivity index (χ4n) is 1.03. The van der Waals surface area contributed by atoms with E-state index in [0.717, 1.165) is 16.3 Å². The van der Waals surface area contributed by atoms with Crippen molar-refractivity contribution in [2.75, 3.05) is 11.9 Å². The Kier molecular flexibility index (Phi) is 3.58. The Morgan fingerprint density at radius 1 is 1.54 bits per heavy atom. The van der Waals surface area contributed by atoms with Crippen LogP contribution < -0.4 is 11.1 Å². The van der Waals surface area contributed by atoms with Gasteiger partial charge in [0.1, 0.15) is 0 Å². The zero-order chi connectivity index (χ0) is 9.84. The summed E-state index contributed by atoms with van der Waals surface area (Å²) < 4.78 is 0. The second kappa shape index (κ2) is 4.49. The van der Waals surface area contributed by atoms with E-state index in [1.165, 1.54) is 0 Å². The number of aryl methyl sites for hydroxylation is 1. The molecule has 0 amide bonds. The molecule has 0 heterocycles. The first-order chi connectivity index (χ1) is 6.13. The van der Waals surface area contributed by atoms with Gasteiger partial charge in [-0.05, 0) is 31.5 Å². The van der Waals surface area contributed by atoms with Crippen LogP contribution in [0.15, 0.2) is 18.2 Å². The van der Waals surface area contributed by atoms with Gasteiger partial charge in [-0.1, -0.05) is 17.7 Å². The lowest BCUT2D eigenvalue weighted by Crippen LogP contribution is -2.25. The van der Waals surface area contributed by atoms with Gasteiger partial charge in [0.05, 0.1) is 0 Å². The van der Waals surface area contributed by atoms with Crippen LogP contribution in [0.4, 0.5) is 5.69 Å². The number of nitrogens with two attached hydrogens (primary N) is 1. The topological polar surface area (TPSA) is 38.0 Å². The molecule has 2 nitrogen and oxygen atoms in total. The van der Waals surface area contributed by atoms with Gasteiger partial charge in [-0.2, -0.15) is 0 Å². The molecule has 1 unspecified atom stereocenters. The van der Waals surface area contributed by atoms with Crippen molar-refractivity contribution in [2.45, 2.75) is 19.9 Å². The summed E-state index contributed by atoms with van der Waals surface area (Å²) in [5, 5.41) is 4.04. The van der Waals surface area contributed by atoms with E-state index in [1.54, 1.807) is 0 Å². The molecular weight excluding hydrogens is 184 g/mol. The van der Waals surface area contributed by atoms with Crippen LogP contribution in [-0.4, -0.2) is 12.6 Å². The van der Waals surface area contributed by atoms with Crippen LogP contribution in [0.3, 0.4) is 0 Å². The number of benzene rings is 1. The zero-order valence-electron chi connectivity index (χ0n) is 7.97. The van der Waals surface area contributed by atoms with E-state index in [1.807, 2.05) is 32.0 Å². The number of anilines is 1. The molecule has 0 fully saturated rings. The van der Waals surface area contributed by atoms with Gasteiger partial charge in [0.25, 0.3) is 0 Å². The molecule has 3 N–H and O–H groups in total. The fourth-order valence-corrected chi connectivity index (χ4v) is 1.21. The molecule has 0 aliphatic carbocycles. The highest BCUT2D eigenvalue weighted by atomic mass is 35.5. The van der Waals surface area contributed by atoms with Crippen LogP contribution in [0.2, 0.25) is 5.02 Å². The lowest BCUT2D eigenvalue weighted by Gasteiger charge is -2.13. The Hall–Kier alpha value is -0.730. The molecule has 72 valence electrons. The molecule has 0 radical (unpaired) electrons. The lowest BCUT2D eigenvalue weighted by atomic mass is 10.2. The largest absolute Gasteiger partial charge is 0.381 e. The van der Waals surface area contributed by atoms with Gasteiger partial charge < -0.3 is 11.1 Å². The highest BCUT2D eigenvalue weighted by Crippen LogP contribution is 2.20. The molecule has 0 saturated carbocycles. The van der Waals surface area contributed by atoms with Gasteiger partial charge in [-0.25, -0.2) is 0 Å². The van der Waals surface area contributed by atoms with Crippen LogP contribution >= 0.6 is 11.6 Å². The predicted octanol–water partition coefficient (Wildman–Crippen LogP) is 2.41. The van der Waals surface area contributed by atoms with Crippen LogP contribution in [-0.2, 0) is 0 Å². The summed E-state index contributed by atoms with van der Waals surface area (Å²) in [4.78, 5) is 0. The SMILES string of the molecule is Cc1ccc(NC(C)CN)cc1Cl. The number of hydrogen-bond donors (Lipinski definition) is 2. The minimum absolute atomic E-state index is 0.277. The standard InChI is InChI=1S/C10H15ClN2/c1-7-3-4-9(5-10(7)11)13-8(2)6-12/h3-5,8,13H,6,12H2,1-2H3. The summed E-state index contributed by atoms with van der Waals surface area (Å²) in [7, 11) is 0. The summed E-state index contributed by atoms with van der Waals surface area (Å²) in [5.74, 6) is 0. The number of halogens is 1. The van der Waals surface area contributed by atoms with E-state index in [4.69, 9.17) is 17.3 Å². The first-order valence-corrected chi connectivity index (χ1v) is 4.74. The Morgan fingerprint density at radius 2 is 2.23 bits per heavy atom. The third-order valence-electron chi connectivity index (χ3n) is 1.94. The number of hydrogen-bond acceptors (Lipinski definition) is 2. The molecular formula is C10H15ClN2. The molecule has 13 heavy (non-hydrogen) atoms. The molecule has 0 aromatic heterocycles. The predicted molar refractivity (Wildman–Crippen MR) is 58.3 cm³/mol. The molecule has 0 aliphatic heterocycles. The summed E-state index contributed by atoms with van der Waals surface area (Å²) in [6, 6.07) is 6.20. The van der Waals surface area contributed by atoms with Gasteiger partial charge in [0.15, 0.2) is 0 Å². The summed E-state index contributed by atoms with van der Waals surface area (Å²) >= 11 is 5.97. The minimum atomic E-state index is 0.277. The molecule has 1 atom stereocenters. The van der Waals surface area contributed by atoms with Crippen LogP contribution in [0.25, 0.3) is 0 Å². The van der Waals surface area contributed by atoms with Crippen molar-refractivity contribution in [1.82, 2.24) is 0 Å². The van der Waals surface area contributed by atoms with E-state index >= 15 is 0 Å². The van der Waals surface area contributed by atoms with E-state index in [0.29, 0.717) is 6.54 Å². The van der Waals surface area contributed by atoms with Crippen molar-refractivity contribution >= 4 is 17.3 Å². The van der Waals surface area contributed by atoms with E-state index in [9.17, 15) is 0 Å². The van der Waals surface area contributed by atoms with Crippen molar-refractivity contribution in [2.24, 2.45) is 5.73 Å². The maximum absolute atomic E-state index is 5.97. The summed E-state index contributed by atoms with van der Waals surface area (Å²) in [6.45, 7) is 4.64. The first kappa shape index (κ1) is 10.4. The Balaban J connectivity index is 2.73. The lowest BCUT2D eigenvalue weighted by molar-refractivity contribution is 0.804. The number of rotatable bonds is 3. The van der Waals surface area contributed by atoms with Gasteiger partial charge in [0.2, 0.25) is 0 Å². The van der Waals surface area contributed by atoms with Crippen LogP contribution in [0.1, 0.15) is 12.5 Å². The van der Waals surface area contributed by atoms with Crippen molar-refractivity contribution in [3.63, 3.8) is 0 Å². The van der Waals surface area contributed by atoms with Gasteiger partial charge >= 0.3 is 0 Å². The zero-order valence-corrected chi connectivity index (χ0v) is 8.73. The highest BCUT2D eigenvalue weighted by molar-refractivity contribution is 6.31. The third kappa shape index (κ3) is 2.90. The summed E-state index contributed by atoms with van der Waals surface area (Å²) in [6.07, 6.45) is 0. The molecule has 0 bridgehead atoms. The average Bonchev–Trinajstić information content (AvgIpc) is 2.11. The maximum Gasteiger partial charge on any atom is 0.0455 e. The third-order valence-corrected chi connectivity index (χ3v) is 2.35. The van der Waals surface area contributed by atoms with Crippen molar-refractivity contribution in [3.8, 4) is 0 Å². The monoisotopic (exact) mass is 198 g/mol. The Bertz CT molecular complexity index is 286. The average molecular weight is 199 g/mol. The molecule has 0 saturated heterocycles. The quantitative estimate of drug-likeness (QED) is 0.783. The molecule has 1 rings (SSSR count). The fraction of sp³-hybridized carbons (Fsp3) is 0.400. The Morgan fingerprint density at radius 3 is 2.77 bits per heavy atom. The smallest absolute Gasteiger partial charge is 0.0455 e. The van der Waals surface area contributed by atoms with Gasteiger partial charge in [-0.3, -0.25) is 0 Å². The molecule has 0 aliphatic rings. The second-order valence-corrected chi connectivity index (χ2v) is 3.65. The first-order valence-electron chi connectivity index (χ1n) is 4.36. The summed E-state index contributed by atoms with van der Waals surface area (Å²) in [5.41, 5.74) is 7.60. The van der Waals surface area contributed by atoms with Crippen molar-refractivity contribution in [3.05, 3.63) is 28.8 Å². The minimum Gasteiger partial charge on any atom is -0.381 e. The van der Waals surface area contributed by atoms with Gasteiger partial charge in [-0.15, -0.1) is 0 Å². The maximum atomic E-state index is 5.97. The second-order valence-electron chi connectivity index (χ2n) is 3.25. The normalized spacial score (nSPS) is 12.6. The number of nitrogens with one attached hydrogen (secondary N) is 1. The van der Waals surface area contributed by atoms with Crippen molar-refractivity contribution < 1.29 is 0 Å². The van der Waals surface area contributed by atoms with E-state index < -0.39 is 0 Å².